The van der Waals surface area contributed by atoms with Crippen molar-refractivity contribution in [3.05, 3.63) is 46.3 Å². The standard InChI is InChI=1S/C14H13ClN2O4/c1-3-20-13(19)11-8(2)16-14(21-11)17-12(18)9-6-4-5-7-10(9)15/h4-7H,3H2,1-2H3,(H,16,17,18). The lowest BCUT2D eigenvalue weighted by Gasteiger charge is -2.02. The molecule has 0 unspecified atom stereocenters. The number of carbonyl (C=O) groups is 2. The molecule has 1 aromatic heterocycles. The lowest BCUT2D eigenvalue weighted by molar-refractivity contribution is 0.0489. The first-order valence-electron chi connectivity index (χ1n) is 6.23. The number of nitrogens with one attached hydrogen (secondary N) is 1. The summed E-state index contributed by atoms with van der Waals surface area (Å²) in [6.07, 6.45) is 0. The Bertz CT molecular complexity index is 681. The van der Waals surface area contributed by atoms with Crippen LogP contribution in [0.2, 0.25) is 5.02 Å². The van der Waals surface area contributed by atoms with Crippen molar-refractivity contribution in [2.75, 3.05) is 11.9 Å². The predicted octanol–water partition coefficient (Wildman–Crippen LogP) is 3.07. The van der Waals surface area contributed by atoms with Gasteiger partial charge < -0.3 is 9.15 Å². The van der Waals surface area contributed by atoms with E-state index >= 15 is 0 Å². The first-order valence-corrected chi connectivity index (χ1v) is 6.61. The predicted molar refractivity (Wildman–Crippen MR) is 76.6 cm³/mol. The Labute approximate surface area is 126 Å². The maximum absolute atomic E-state index is 12.0. The van der Waals surface area contributed by atoms with Gasteiger partial charge in [0, 0.05) is 0 Å². The number of benzene rings is 1. The SMILES string of the molecule is CCOC(=O)c1oc(NC(=O)c2ccccc2Cl)nc1C. The number of aryl methyl sites for hydroxylation is 1. The molecule has 1 amide bonds. The number of esters is 1. The highest BCUT2D eigenvalue weighted by Gasteiger charge is 2.20. The monoisotopic (exact) mass is 308 g/mol. The van der Waals surface area contributed by atoms with Crippen molar-refractivity contribution in [2.24, 2.45) is 0 Å². The Hall–Kier alpha value is -2.34. The van der Waals surface area contributed by atoms with Crippen LogP contribution >= 0.6 is 11.6 Å². The van der Waals surface area contributed by atoms with Gasteiger partial charge >= 0.3 is 12.0 Å². The Morgan fingerprint density at radius 2 is 2.10 bits per heavy atom. The van der Waals surface area contributed by atoms with Gasteiger partial charge in [-0.05, 0) is 26.0 Å². The molecule has 0 bridgehead atoms. The summed E-state index contributed by atoms with van der Waals surface area (Å²) in [5.41, 5.74) is 0.621. The van der Waals surface area contributed by atoms with E-state index in [1.807, 2.05) is 0 Å². The van der Waals surface area contributed by atoms with Crippen molar-refractivity contribution >= 4 is 29.5 Å². The van der Waals surface area contributed by atoms with Gasteiger partial charge in [0.2, 0.25) is 5.76 Å². The van der Waals surface area contributed by atoms with Crippen molar-refractivity contribution in [3.63, 3.8) is 0 Å². The van der Waals surface area contributed by atoms with E-state index in [0.717, 1.165) is 0 Å². The second-order valence-electron chi connectivity index (χ2n) is 4.09. The van der Waals surface area contributed by atoms with Gasteiger partial charge in [-0.2, -0.15) is 4.98 Å². The average Bonchev–Trinajstić information content (AvgIpc) is 2.80. The van der Waals surface area contributed by atoms with E-state index in [1.165, 1.54) is 0 Å². The van der Waals surface area contributed by atoms with Crippen LogP contribution in [-0.2, 0) is 4.74 Å². The molecule has 1 N–H and O–H groups in total. The van der Waals surface area contributed by atoms with Crippen molar-refractivity contribution in [1.29, 1.82) is 0 Å². The zero-order chi connectivity index (χ0) is 15.4. The number of nitrogens with zero attached hydrogens (tertiary/aromatic N) is 1. The van der Waals surface area contributed by atoms with Crippen LogP contribution in [0.1, 0.15) is 33.5 Å². The summed E-state index contributed by atoms with van der Waals surface area (Å²) in [5, 5.41) is 2.76. The molecule has 1 heterocycles. The van der Waals surface area contributed by atoms with E-state index in [4.69, 9.17) is 20.8 Å². The van der Waals surface area contributed by atoms with Gasteiger partial charge in [-0.25, -0.2) is 4.79 Å². The fourth-order valence-corrected chi connectivity index (χ4v) is 1.87. The topological polar surface area (TPSA) is 81.4 Å². The van der Waals surface area contributed by atoms with E-state index < -0.39 is 11.9 Å². The summed E-state index contributed by atoms with van der Waals surface area (Å²) in [7, 11) is 0. The highest BCUT2D eigenvalue weighted by atomic mass is 35.5. The van der Waals surface area contributed by atoms with Gasteiger partial charge in [-0.1, -0.05) is 23.7 Å². The van der Waals surface area contributed by atoms with Crippen LogP contribution in [0.3, 0.4) is 0 Å². The summed E-state index contributed by atoms with van der Waals surface area (Å²) in [6, 6.07) is 6.49. The molecule has 0 aliphatic rings. The van der Waals surface area contributed by atoms with E-state index in [-0.39, 0.29) is 23.9 Å². The fourth-order valence-electron chi connectivity index (χ4n) is 1.65. The molecule has 7 heteroatoms. The largest absolute Gasteiger partial charge is 0.460 e. The summed E-state index contributed by atoms with van der Waals surface area (Å²) in [4.78, 5) is 27.6. The smallest absolute Gasteiger partial charge is 0.376 e. The molecule has 2 rings (SSSR count). The van der Waals surface area contributed by atoms with Crippen LogP contribution in [0, 0.1) is 6.92 Å². The quantitative estimate of drug-likeness (QED) is 0.878. The number of ether oxygens (including phenoxy) is 1. The van der Waals surface area contributed by atoms with E-state index in [2.05, 4.69) is 10.3 Å². The van der Waals surface area contributed by atoms with Gasteiger partial charge in [-0.3, -0.25) is 10.1 Å². The molecular weight excluding hydrogens is 296 g/mol. The first kappa shape index (κ1) is 15.1. The van der Waals surface area contributed by atoms with E-state index in [0.29, 0.717) is 10.7 Å². The number of amides is 1. The summed E-state index contributed by atoms with van der Waals surface area (Å²) in [5.74, 6) is -1.13. The third-order valence-electron chi connectivity index (χ3n) is 2.60. The number of anilines is 1. The van der Waals surface area contributed by atoms with Crippen LogP contribution in [0.25, 0.3) is 0 Å². The normalized spacial score (nSPS) is 10.2. The van der Waals surface area contributed by atoms with Crippen LogP contribution in [0.15, 0.2) is 28.7 Å². The molecule has 0 radical (unpaired) electrons. The number of hydrogen-bond acceptors (Lipinski definition) is 5. The number of hydrogen-bond donors (Lipinski definition) is 1. The Morgan fingerprint density at radius 1 is 1.38 bits per heavy atom. The van der Waals surface area contributed by atoms with Crippen molar-refractivity contribution < 1.29 is 18.7 Å². The van der Waals surface area contributed by atoms with Crippen molar-refractivity contribution in [1.82, 2.24) is 4.98 Å². The minimum Gasteiger partial charge on any atom is -0.460 e. The second kappa shape index (κ2) is 6.41. The molecule has 0 saturated carbocycles. The molecule has 0 atom stereocenters. The highest BCUT2D eigenvalue weighted by molar-refractivity contribution is 6.34. The summed E-state index contributed by atoms with van der Waals surface area (Å²) >= 11 is 5.93. The minimum absolute atomic E-state index is 0.0358. The Kier molecular flexibility index (Phi) is 4.59. The summed E-state index contributed by atoms with van der Waals surface area (Å²) < 4.78 is 10.0. The fraction of sp³-hybridized carbons (Fsp3) is 0.214. The molecule has 110 valence electrons. The third-order valence-corrected chi connectivity index (χ3v) is 2.93. The van der Waals surface area contributed by atoms with Crippen molar-refractivity contribution in [2.45, 2.75) is 13.8 Å². The number of rotatable bonds is 4. The van der Waals surface area contributed by atoms with Crippen molar-refractivity contribution in [3.8, 4) is 0 Å². The van der Waals surface area contributed by atoms with E-state index in [1.54, 1.807) is 38.1 Å². The first-order chi connectivity index (χ1) is 10.0. The molecule has 1 aromatic carbocycles. The molecule has 0 fully saturated rings. The van der Waals surface area contributed by atoms with Crippen LogP contribution in [-0.4, -0.2) is 23.5 Å². The zero-order valence-electron chi connectivity index (χ0n) is 11.5. The highest BCUT2D eigenvalue weighted by Crippen LogP contribution is 2.19. The molecular formula is C14H13ClN2O4. The van der Waals surface area contributed by atoms with Crippen LogP contribution in [0.5, 0.6) is 0 Å². The molecule has 21 heavy (non-hydrogen) atoms. The minimum atomic E-state index is -0.624. The van der Waals surface area contributed by atoms with Gasteiger partial charge in [0.05, 0.1) is 22.9 Å². The van der Waals surface area contributed by atoms with Gasteiger partial charge in [0.25, 0.3) is 5.91 Å². The van der Waals surface area contributed by atoms with Gasteiger partial charge in [-0.15, -0.1) is 0 Å². The number of halogens is 1. The average molecular weight is 309 g/mol. The lowest BCUT2D eigenvalue weighted by Crippen LogP contribution is -2.12. The number of carbonyl (C=O) groups excluding carboxylic acids is 2. The summed E-state index contributed by atoms with van der Waals surface area (Å²) in [6.45, 7) is 3.49. The maximum atomic E-state index is 12.0. The van der Waals surface area contributed by atoms with Gasteiger partial charge in [0.1, 0.15) is 0 Å². The molecule has 2 aromatic rings. The third kappa shape index (κ3) is 3.41. The zero-order valence-corrected chi connectivity index (χ0v) is 12.2. The second-order valence-corrected chi connectivity index (χ2v) is 4.50. The van der Waals surface area contributed by atoms with Crippen LogP contribution in [0.4, 0.5) is 6.01 Å². The molecule has 0 aliphatic carbocycles. The Morgan fingerprint density at radius 3 is 2.76 bits per heavy atom. The van der Waals surface area contributed by atoms with Gasteiger partial charge in [0.15, 0.2) is 0 Å². The molecule has 0 spiro atoms. The number of oxazole rings is 1. The molecule has 0 saturated heterocycles. The maximum Gasteiger partial charge on any atom is 0.376 e. The Balaban J connectivity index is 2.17. The lowest BCUT2D eigenvalue weighted by atomic mass is 10.2. The van der Waals surface area contributed by atoms with Crippen LogP contribution < -0.4 is 5.32 Å². The van der Waals surface area contributed by atoms with E-state index in [9.17, 15) is 9.59 Å². The number of aromatic nitrogens is 1. The molecule has 6 nitrogen and oxygen atoms in total. The molecule has 0 aliphatic heterocycles.